The van der Waals surface area contributed by atoms with Gasteiger partial charge in [-0.1, -0.05) is 10.3 Å². The SMILES string of the molecule is CC(=N\O)/C(C)=N/O.N. The monoisotopic (exact) mass is 133 g/mol. The van der Waals surface area contributed by atoms with Crippen LogP contribution < -0.4 is 6.15 Å². The molecule has 5 heteroatoms. The van der Waals surface area contributed by atoms with Crippen molar-refractivity contribution in [2.24, 2.45) is 10.3 Å². The molecule has 0 rings (SSSR count). The van der Waals surface area contributed by atoms with Gasteiger partial charge in [0.25, 0.3) is 0 Å². The summed E-state index contributed by atoms with van der Waals surface area (Å²) in [6, 6.07) is 0. The molecule has 0 aliphatic rings. The molecule has 0 bridgehead atoms. The molecule has 0 atom stereocenters. The summed E-state index contributed by atoms with van der Waals surface area (Å²) < 4.78 is 0. The van der Waals surface area contributed by atoms with Crippen LogP contribution in [0.5, 0.6) is 0 Å². The van der Waals surface area contributed by atoms with E-state index in [-0.39, 0.29) is 6.15 Å². The molecule has 0 radical (unpaired) electrons. The fraction of sp³-hybridized carbons (Fsp3) is 0.500. The van der Waals surface area contributed by atoms with E-state index >= 15 is 0 Å². The first-order chi connectivity index (χ1) is 3.72. The molecule has 0 aromatic rings. The van der Waals surface area contributed by atoms with Crippen molar-refractivity contribution in [3.05, 3.63) is 0 Å². The van der Waals surface area contributed by atoms with Crippen LogP contribution in [-0.2, 0) is 0 Å². The first-order valence-electron chi connectivity index (χ1n) is 2.10. The molecule has 0 amide bonds. The van der Waals surface area contributed by atoms with Crippen molar-refractivity contribution < 1.29 is 10.4 Å². The maximum absolute atomic E-state index is 8.03. The smallest absolute Gasteiger partial charge is 0.101 e. The van der Waals surface area contributed by atoms with Gasteiger partial charge in [-0.05, 0) is 13.8 Å². The third-order valence-electron chi connectivity index (χ3n) is 0.824. The Hall–Kier alpha value is -1.10. The van der Waals surface area contributed by atoms with Crippen LogP contribution in [0.3, 0.4) is 0 Å². The lowest BCUT2D eigenvalue weighted by Crippen LogP contribution is -2.04. The Morgan fingerprint density at radius 2 is 1.22 bits per heavy atom. The predicted octanol–water partition coefficient (Wildman–Crippen LogP) is 0.849. The molecule has 0 aromatic carbocycles. The first-order valence-corrected chi connectivity index (χ1v) is 2.10. The maximum atomic E-state index is 8.03. The van der Waals surface area contributed by atoms with Gasteiger partial charge in [0.2, 0.25) is 0 Å². The van der Waals surface area contributed by atoms with Crippen LogP contribution in [0.15, 0.2) is 10.3 Å². The zero-order chi connectivity index (χ0) is 6.57. The minimum atomic E-state index is 0. The van der Waals surface area contributed by atoms with Crippen molar-refractivity contribution in [2.45, 2.75) is 13.8 Å². The summed E-state index contributed by atoms with van der Waals surface area (Å²) in [7, 11) is 0. The van der Waals surface area contributed by atoms with Crippen LogP contribution in [0, 0.1) is 0 Å². The minimum absolute atomic E-state index is 0. The average molecular weight is 133 g/mol. The summed E-state index contributed by atoms with van der Waals surface area (Å²) in [5.41, 5.74) is 0.625. The summed E-state index contributed by atoms with van der Waals surface area (Å²) in [4.78, 5) is 0. The van der Waals surface area contributed by atoms with Gasteiger partial charge in [-0.3, -0.25) is 0 Å². The van der Waals surface area contributed by atoms with E-state index in [1.54, 1.807) is 0 Å². The van der Waals surface area contributed by atoms with Gasteiger partial charge in [-0.25, -0.2) is 0 Å². The molecule has 0 spiro atoms. The molecular formula is C4H11N3O2. The quantitative estimate of drug-likeness (QED) is 0.281. The number of hydrogen-bond acceptors (Lipinski definition) is 5. The van der Waals surface area contributed by atoms with Crippen molar-refractivity contribution in [1.29, 1.82) is 0 Å². The van der Waals surface area contributed by atoms with E-state index in [0.29, 0.717) is 11.4 Å². The Balaban J connectivity index is 0. The molecule has 0 aromatic heterocycles. The average Bonchev–Trinajstić information content (AvgIpc) is 1.84. The molecule has 0 saturated heterocycles. The Morgan fingerprint density at radius 1 is 1.00 bits per heavy atom. The summed E-state index contributed by atoms with van der Waals surface area (Å²) in [5, 5.41) is 21.6. The van der Waals surface area contributed by atoms with Gasteiger partial charge in [0.1, 0.15) is 11.4 Å². The van der Waals surface area contributed by atoms with E-state index in [9.17, 15) is 0 Å². The Bertz CT molecular complexity index is 114. The van der Waals surface area contributed by atoms with E-state index in [1.807, 2.05) is 0 Å². The maximum Gasteiger partial charge on any atom is 0.101 e. The van der Waals surface area contributed by atoms with E-state index in [2.05, 4.69) is 10.3 Å². The Labute approximate surface area is 53.3 Å². The number of nitrogens with zero attached hydrogens (tertiary/aromatic N) is 2. The van der Waals surface area contributed by atoms with Gasteiger partial charge in [0.05, 0.1) is 0 Å². The lowest BCUT2D eigenvalue weighted by Gasteiger charge is -1.88. The van der Waals surface area contributed by atoms with Crippen molar-refractivity contribution in [3.8, 4) is 0 Å². The predicted molar refractivity (Wildman–Crippen MR) is 34.8 cm³/mol. The molecular weight excluding hydrogens is 122 g/mol. The minimum Gasteiger partial charge on any atom is -0.411 e. The molecule has 0 aliphatic heterocycles. The van der Waals surface area contributed by atoms with Crippen molar-refractivity contribution in [3.63, 3.8) is 0 Å². The number of rotatable bonds is 1. The molecule has 0 aliphatic carbocycles. The Morgan fingerprint density at radius 3 is 1.33 bits per heavy atom. The Kier molecular flexibility index (Phi) is 6.06. The van der Waals surface area contributed by atoms with Gasteiger partial charge in [-0.15, -0.1) is 0 Å². The fourth-order valence-electron chi connectivity index (χ4n) is 0.145. The third-order valence-corrected chi connectivity index (χ3v) is 0.824. The van der Waals surface area contributed by atoms with E-state index in [1.165, 1.54) is 13.8 Å². The van der Waals surface area contributed by atoms with Crippen LogP contribution in [0.2, 0.25) is 0 Å². The van der Waals surface area contributed by atoms with Gasteiger partial charge >= 0.3 is 0 Å². The molecule has 5 N–H and O–H groups in total. The number of oxime groups is 2. The third kappa shape index (κ3) is 3.48. The first kappa shape index (κ1) is 10.8. The van der Waals surface area contributed by atoms with Gasteiger partial charge in [0, 0.05) is 0 Å². The van der Waals surface area contributed by atoms with E-state index < -0.39 is 0 Å². The zero-order valence-electron chi connectivity index (χ0n) is 5.50. The highest BCUT2D eigenvalue weighted by Gasteiger charge is 1.93. The van der Waals surface area contributed by atoms with E-state index in [0.717, 1.165) is 0 Å². The van der Waals surface area contributed by atoms with Gasteiger partial charge in [-0.2, -0.15) is 0 Å². The van der Waals surface area contributed by atoms with Crippen molar-refractivity contribution >= 4 is 11.4 Å². The highest BCUT2D eigenvalue weighted by molar-refractivity contribution is 6.40. The van der Waals surface area contributed by atoms with Crippen molar-refractivity contribution in [2.75, 3.05) is 0 Å². The topological polar surface area (TPSA) is 100 Å². The molecule has 0 saturated carbocycles. The number of hydrogen-bond donors (Lipinski definition) is 3. The highest BCUT2D eigenvalue weighted by atomic mass is 16.4. The van der Waals surface area contributed by atoms with Crippen LogP contribution in [0.25, 0.3) is 0 Å². The van der Waals surface area contributed by atoms with Crippen LogP contribution in [0.1, 0.15) is 13.8 Å². The van der Waals surface area contributed by atoms with Gasteiger partial charge < -0.3 is 16.6 Å². The largest absolute Gasteiger partial charge is 0.411 e. The molecule has 9 heavy (non-hydrogen) atoms. The zero-order valence-corrected chi connectivity index (χ0v) is 5.50. The summed E-state index contributed by atoms with van der Waals surface area (Å²) in [6.45, 7) is 3.07. The second kappa shape index (κ2) is 5.04. The van der Waals surface area contributed by atoms with E-state index in [4.69, 9.17) is 10.4 Å². The second-order valence-electron chi connectivity index (χ2n) is 1.37. The summed E-state index contributed by atoms with van der Waals surface area (Å²) >= 11 is 0. The second-order valence-corrected chi connectivity index (χ2v) is 1.37. The standard InChI is InChI=1S/C4H8N2O2.H3N/c1-3(5-7)4(2)6-8;/h7-8H,1-2H3;1H3/b5-3+,6-4+;. The summed E-state index contributed by atoms with van der Waals surface area (Å²) in [5.74, 6) is 0. The molecule has 0 unspecified atom stereocenters. The lowest BCUT2D eigenvalue weighted by molar-refractivity contribution is 0.313. The van der Waals surface area contributed by atoms with Crippen LogP contribution in [-0.4, -0.2) is 21.8 Å². The molecule has 54 valence electrons. The van der Waals surface area contributed by atoms with Crippen LogP contribution >= 0.6 is 0 Å². The molecule has 0 heterocycles. The van der Waals surface area contributed by atoms with Crippen LogP contribution in [0.4, 0.5) is 0 Å². The van der Waals surface area contributed by atoms with Gasteiger partial charge in [0.15, 0.2) is 0 Å². The summed E-state index contributed by atoms with van der Waals surface area (Å²) in [6.07, 6.45) is 0. The highest BCUT2D eigenvalue weighted by Crippen LogP contribution is 1.79. The lowest BCUT2D eigenvalue weighted by atomic mass is 10.3. The molecule has 5 nitrogen and oxygen atoms in total. The van der Waals surface area contributed by atoms with Crippen molar-refractivity contribution in [1.82, 2.24) is 6.15 Å². The normalized spacial score (nSPS) is 12.7. The molecule has 0 fully saturated rings. The fourth-order valence-corrected chi connectivity index (χ4v) is 0.145.